The summed E-state index contributed by atoms with van der Waals surface area (Å²) in [4.78, 5) is 0. The Bertz CT molecular complexity index is 347. The fraction of sp³-hybridized carbons (Fsp3) is 0.400. The maximum atomic E-state index is 13.4. The lowest BCUT2D eigenvalue weighted by atomic mass is 9.91. The summed E-state index contributed by atoms with van der Waals surface area (Å²) in [5, 5.41) is 0. The first-order valence-corrected chi connectivity index (χ1v) is 4.45. The number of benzene rings is 1. The first kappa shape index (κ1) is 8.48. The van der Waals surface area contributed by atoms with E-state index in [0.29, 0.717) is 12.0 Å². The van der Waals surface area contributed by atoms with Crippen molar-refractivity contribution in [3.8, 4) is 0 Å². The maximum absolute atomic E-state index is 13.4. The summed E-state index contributed by atoms with van der Waals surface area (Å²) in [7, 11) is 0. The van der Waals surface area contributed by atoms with Gasteiger partial charge in [-0.15, -0.1) is 0 Å². The van der Waals surface area contributed by atoms with Crippen molar-refractivity contribution < 1.29 is 8.78 Å². The third kappa shape index (κ3) is 1.28. The molecule has 1 aromatic carbocycles. The number of hydrogen-bond acceptors (Lipinski definition) is 1. The van der Waals surface area contributed by atoms with E-state index in [9.17, 15) is 8.78 Å². The molecule has 0 saturated heterocycles. The second-order valence-corrected chi connectivity index (χ2v) is 3.43. The van der Waals surface area contributed by atoms with Crippen molar-refractivity contribution in [3.05, 3.63) is 28.8 Å². The van der Waals surface area contributed by atoms with Crippen molar-refractivity contribution in [2.45, 2.75) is 25.7 Å². The molecule has 0 unspecified atom stereocenters. The summed E-state index contributed by atoms with van der Waals surface area (Å²) < 4.78 is 26.4. The fourth-order valence-corrected chi connectivity index (χ4v) is 1.84. The Morgan fingerprint density at radius 2 is 1.85 bits per heavy atom. The van der Waals surface area contributed by atoms with Crippen LogP contribution in [0.1, 0.15) is 24.0 Å². The summed E-state index contributed by atoms with van der Waals surface area (Å²) in [5.41, 5.74) is 6.33. The van der Waals surface area contributed by atoms with Gasteiger partial charge in [0.05, 0.1) is 0 Å². The molecule has 0 atom stereocenters. The van der Waals surface area contributed by atoms with Crippen molar-refractivity contribution in [2.75, 3.05) is 5.73 Å². The average Bonchev–Trinajstić information content (AvgIpc) is 2.15. The summed E-state index contributed by atoms with van der Waals surface area (Å²) in [6.45, 7) is 0. The molecule has 2 N–H and O–H groups in total. The third-order valence-electron chi connectivity index (χ3n) is 2.57. The standard InChI is InChI=1S/C10H11F2N/c11-8-5-6-3-1-2-4-7(6)9(12)10(8)13/h5H,1-4,13H2. The van der Waals surface area contributed by atoms with Crippen LogP contribution in [0.25, 0.3) is 0 Å². The van der Waals surface area contributed by atoms with Gasteiger partial charge >= 0.3 is 0 Å². The minimum absolute atomic E-state index is 0.333. The van der Waals surface area contributed by atoms with Gasteiger partial charge in [0.15, 0.2) is 5.82 Å². The molecule has 13 heavy (non-hydrogen) atoms. The van der Waals surface area contributed by atoms with Gasteiger partial charge in [-0.3, -0.25) is 0 Å². The third-order valence-corrected chi connectivity index (χ3v) is 2.57. The Hall–Kier alpha value is -1.12. The highest BCUT2D eigenvalue weighted by Gasteiger charge is 2.18. The molecule has 3 heteroatoms. The van der Waals surface area contributed by atoms with Gasteiger partial charge in [0.25, 0.3) is 0 Å². The van der Waals surface area contributed by atoms with Crippen LogP contribution in [-0.4, -0.2) is 0 Å². The molecule has 0 bridgehead atoms. The summed E-state index contributed by atoms with van der Waals surface area (Å²) in [6, 6.07) is 1.37. The van der Waals surface area contributed by atoms with E-state index in [-0.39, 0.29) is 5.69 Å². The van der Waals surface area contributed by atoms with Crippen LogP contribution < -0.4 is 5.73 Å². The van der Waals surface area contributed by atoms with Crippen LogP contribution in [0.15, 0.2) is 6.07 Å². The topological polar surface area (TPSA) is 26.0 Å². The molecule has 0 aliphatic heterocycles. The highest BCUT2D eigenvalue weighted by atomic mass is 19.1. The predicted molar refractivity (Wildman–Crippen MR) is 47.4 cm³/mol. The molecule has 1 aromatic rings. The number of hydrogen-bond donors (Lipinski definition) is 1. The molecular weight excluding hydrogens is 172 g/mol. The summed E-state index contributed by atoms with van der Waals surface area (Å²) >= 11 is 0. The van der Waals surface area contributed by atoms with E-state index in [1.165, 1.54) is 6.07 Å². The lowest BCUT2D eigenvalue weighted by Gasteiger charge is -2.17. The van der Waals surface area contributed by atoms with Crippen molar-refractivity contribution in [1.29, 1.82) is 0 Å². The Balaban J connectivity index is 2.60. The van der Waals surface area contributed by atoms with Gasteiger partial charge in [-0.2, -0.15) is 0 Å². The number of aryl methyl sites for hydroxylation is 1. The van der Waals surface area contributed by atoms with Gasteiger partial charge in [0.1, 0.15) is 11.5 Å². The van der Waals surface area contributed by atoms with E-state index in [1.54, 1.807) is 0 Å². The molecule has 70 valence electrons. The van der Waals surface area contributed by atoms with Crippen molar-refractivity contribution in [3.63, 3.8) is 0 Å². The average molecular weight is 183 g/mol. The first-order valence-electron chi connectivity index (χ1n) is 4.45. The highest BCUT2D eigenvalue weighted by Crippen LogP contribution is 2.28. The normalized spacial score (nSPS) is 15.5. The van der Waals surface area contributed by atoms with E-state index >= 15 is 0 Å². The zero-order valence-electron chi connectivity index (χ0n) is 7.24. The van der Waals surface area contributed by atoms with Gasteiger partial charge in [0.2, 0.25) is 0 Å². The minimum Gasteiger partial charge on any atom is -0.394 e. The van der Waals surface area contributed by atoms with Gasteiger partial charge < -0.3 is 5.73 Å². The number of fused-ring (bicyclic) bond motifs is 1. The first-order chi connectivity index (χ1) is 6.20. The zero-order valence-corrected chi connectivity index (χ0v) is 7.24. The molecule has 0 aromatic heterocycles. The van der Waals surface area contributed by atoms with Crippen LogP contribution in [-0.2, 0) is 12.8 Å². The second-order valence-electron chi connectivity index (χ2n) is 3.43. The molecule has 1 nitrogen and oxygen atoms in total. The van der Waals surface area contributed by atoms with Crippen molar-refractivity contribution >= 4 is 5.69 Å². The van der Waals surface area contributed by atoms with Crippen LogP contribution in [0.4, 0.5) is 14.5 Å². The number of nitrogens with two attached hydrogens (primary N) is 1. The zero-order chi connectivity index (χ0) is 9.42. The molecule has 0 saturated carbocycles. The predicted octanol–water partition coefficient (Wildman–Crippen LogP) is 2.43. The van der Waals surface area contributed by atoms with E-state index in [4.69, 9.17) is 5.73 Å². The number of nitrogen functional groups attached to an aromatic ring is 1. The van der Waals surface area contributed by atoms with E-state index in [0.717, 1.165) is 24.8 Å². The largest absolute Gasteiger partial charge is 0.394 e. The van der Waals surface area contributed by atoms with E-state index < -0.39 is 11.6 Å². The summed E-state index contributed by atoms with van der Waals surface area (Å²) in [6.07, 6.45) is 3.43. The molecular formula is C10H11F2N. The number of rotatable bonds is 0. The molecule has 0 heterocycles. The van der Waals surface area contributed by atoms with E-state index in [1.807, 2.05) is 0 Å². The Morgan fingerprint density at radius 3 is 2.62 bits per heavy atom. The Kier molecular flexibility index (Phi) is 1.94. The van der Waals surface area contributed by atoms with Crippen LogP contribution >= 0.6 is 0 Å². The molecule has 0 amide bonds. The number of anilines is 1. The molecule has 1 aliphatic rings. The fourth-order valence-electron chi connectivity index (χ4n) is 1.84. The maximum Gasteiger partial charge on any atom is 0.152 e. The summed E-state index contributed by atoms with van der Waals surface area (Å²) in [5.74, 6) is -1.17. The Morgan fingerprint density at radius 1 is 1.15 bits per heavy atom. The minimum atomic E-state index is -0.627. The van der Waals surface area contributed by atoms with E-state index in [2.05, 4.69) is 0 Å². The highest BCUT2D eigenvalue weighted by molar-refractivity contribution is 5.48. The van der Waals surface area contributed by atoms with Gasteiger partial charge in [-0.05, 0) is 42.9 Å². The SMILES string of the molecule is Nc1c(F)cc2c(c1F)CCCC2. The lowest BCUT2D eigenvalue weighted by Crippen LogP contribution is -2.09. The van der Waals surface area contributed by atoms with Gasteiger partial charge in [0, 0.05) is 0 Å². The molecule has 1 aliphatic carbocycles. The monoisotopic (exact) mass is 183 g/mol. The second kappa shape index (κ2) is 2.98. The van der Waals surface area contributed by atoms with Gasteiger partial charge in [-0.1, -0.05) is 0 Å². The lowest BCUT2D eigenvalue weighted by molar-refractivity contribution is 0.555. The van der Waals surface area contributed by atoms with Crippen molar-refractivity contribution in [1.82, 2.24) is 0 Å². The molecule has 2 rings (SSSR count). The smallest absolute Gasteiger partial charge is 0.152 e. The number of halogens is 2. The van der Waals surface area contributed by atoms with Crippen LogP contribution in [0.2, 0.25) is 0 Å². The molecule has 0 spiro atoms. The van der Waals surface area contributed by atoms with Crippen LogP contribution in [0.5, 0.6) is 0 Å². The Labute approximate surface area is 75.6 Å². The quantitative estimate of drug-likeness (QED) is 0.614. The van der Waals surface area contributed by atoms with Crippen molar-refractivity contribution in [2.24, 2.45) is 0 Å². The van der Waals surface area contributed by atoms with Crippen LogP contribution in [0, 0.1) is 11.6 Å². The molecule has 0 radical (unpaired) electrons. The molecule has 0 fully saturated rings. The van der Waals surface area contributed by atoms with Gasteiger partial charge in [-0.25, -0.2) is 8.78 Å². The van der Waals surface area contributed by atoms with Crippen LogP contribution in [0.3, 0.4) is 0 Å².